The maximum atomic E-state index is 12.2. The van der Waals surface area contributed by atoms with Crippen LogP contribution in [-0.4, -0.2) is 71.0 Å². The molecule has 1 aliphatic heterocycles. The summed E-state index contributed by atoms with van der Waals surface area (Å²) in [7, 11) is 0. The van der Waals surface area contributed by atoms with Crippen molar-refractivity contribution >= 4 is 17.8 Å². The summed E-state index contributed by atoms with van der Waals surface area (Å²) < 4.78 is 0. The number of nitrogens with one attached hydrogen (secondary N) is 1. The number of amides is 2. The quantitative estimate of drug-likeness (QED) is 0.678. The van der Waals surface area contributed by atoms with E-state index >= 15 is 0 Å². The Labute approximate surface area is 112 Å². The van der Waals surface area contributed by atoms with Crippen molar-refractivity contribution in [2.45, 2.75) is 32.9 Å². The fraction of sp³-hybridized carbons (Fsp3) is 0.750. The van der Waals surface area contributed by atoms with Gasteiger partial charge in [-0.25, -0.2) is 0 Å². The Balaban J connectivity index is 2.86. The fourth-order valence-electron chi connectivity index (χ4n) is 2.24. The Kier molecular flexibility index (Phi) is 5.29. The molecule has 0 saturated carbocycles. The van der Waals surface area contributed by atoms with E-state index < -0.39 is 18.1 Å². The van der Waals surface area contributed by atoms with Crippen LogP contribution in [-0.2, 0) is 14.4 Å². The van der Waals surface area contributed by atoms with Crippen LogP contribution >= 0.6 is 0 Å². The van der Waals surface area contributed by atoms with Crippen molar-refractivity contribution in [2.24, 2.45) is 0 Å². The number of rotatable bonds is 5. The van der Waals surface area contributed by atoms with Gasteiger partial charge in [-0.15, -0.1) is 0 Å². The van der Waals surface area contributed by atoms with Gasteiger partial charge in [0.2, 0.25) is 11.8 Å². The highest BCUT2D eigenvalue weighted by molar-refractivity contribution is 5.87. The zero-order valence-corrected chi connectivity index (χ0v) is 11.5. The first-order valence-electron chi connectivity index (χ1n) is 6.46. The van der Waals surface area contributed by atoms with E-state index in [1.165, 1.54) is 4.90 Å². The van der Waals surface area contributed by atoms with Crippen LogP contribution in [0.25, 0.3) is 0 Å². The Bertz CT molecular complexity index is 368. The second-order valence-electron chi connectivity index (χ2n) is 4.52. The Hall–Kier alpha value is -1.63. The van der Waals surface area contributed by atoms with Crippen LogP contribution in [0.15, 0.2) is 0 Å². The average Bonchev–Trinajstić information content (AvgIpc) is 2.38. The lowest BCUT2D eigenvalue weighted by Crippen LogP contribution is -2.62. The monoisotopic (exact) mass is 271 g/mol. The van der Waals surface area contributed by atoms with E-state index in [1.807, 2.05) is 13.8 Å². The third-order valence-corrected chi connectivity index (χ3v) is 3.43. The van der Waals surface area contributed by atoms with Gasteiger partial charge in [-0.2, -0.15) is 0 Å². The van der Waals surface area contributed by atoms with Crippen molar-refractivity contribution in [1.82, 2.24) is 15.1 Å². The molecule has 2 amide bonds. The number of aliphatic carboxylic acids is 1. The van der Waals surface area contributed by atoms with Crippen LogP contribution in [0.1, 0.15) is 20.8 Å². The van der Waals surface area contributed by atoms with Gasteiger partial charge in [0.1, 0.15) is 6.04 Å². The number of nitrogens with zero attached hydrogens (tertiary/aromatic N) is 2. The summed E-state index contributed by atoms with van der Waals surface area (Å²) in [6, 6.07) is -1.47. The minimum Gasteiger partial charge on any atom is -0.480 e. The van der Waals surface area contributed by atoms with E-state index in [-0.39, 0.29) is 24.9 Å². The van der Waals surface area contributed by atoms with Gasteiger partial charge in [0, 0.05) is 19.6 Å². The van der Waals surface area contributed by atoms with Gasteiger partial charge in [-0.1, -0.05) is 0 Å². The first-order chi connectivity index (χ1) is 8.92. The number of piperazine rings is 1. The molecule has 0 aromatic heterocycles. The zero-order valence-electron chi connectivity index (χ0n) is 11.5. The van der Waals surface area contributed by atoms with E-state index in [4.69, 9.17) is 5.11 Å². The molecule has 1 fully saturated rings. The summed E-state index contributed by atoms with van der Waals surface area (Å²) >= 11 is 0. The van der Waals surface area contributed by atoms with Crippen molar-refractivity contribution in [2.75, 3.05) is 26.2 Å². The van der Waals surface area contributed by atoms with Crippen LogP contribution in [0.5, 0.6) is 0 Å². The summed E-state index contributed by atoms with van der Waals surface area (Å²) in [5.74, 6) is -1.43. The summed E-state index contributed by atoms with van der Waals surface area (Å²) in [6.07, 6.45) is 0. The molecule has 2 atom stereocenters. The molecule has 0 bridgehead atoms. The molecule has 1 rings (SSSR count). The molecule has 108 valence electrons. The Morgan fingerprint density at radius 3 is 2.53 bits per heavy atom. The average molecular weight is 271 g/mol. The standard InChI is InChI=1S/C12H21N3O4/c1-4-14(5-2)11(17)8(3)15-7-10(16)13-6-9(15)12(18)19/h8-9H,4-7H2,1-3H3,(H,13,16)(H,18,19). The van der Waals surface area contributed by atoms with Crippen LogP contribution in [0.2, 0.25) is 0 Å². The predicted molar refractivity (Wildman–Crippen MR) is 68.5 cm³/mol. The predicted octanol–water partition coefficient (Wildman–Crippen LogP) is -0.872. The summed E-state index contributed by atoms with van der Waals surface area (Å²) in [5, 5.41) is 11.7. The molecule has 1 heterocycles. The SMILES string of the molecule is CCN(CC)C(=O)C(C)N1CC(=O)NCC1C(=O)O. The Morgan fingerprint density at radius 2 is 2.05 bits per heavy atom. The fourth-order valence-corrected chi connectivity index (χ4v) is 2.24. The Morgan fingerprint density at radius 1 is 1.47 bits per heavy atom. The lowest BCUT2D eigenvalue weighted by atomic mass is 10.1. The second-order valence-corrected chi connectivity index (χ2v) is 4.52. The van der Waals surface area contributed by atoms with Crippen LogP contribution in [0.3, 0.4) is 0 Å². The molecule has 2 N–H and O–H groups in total. The van der Waals surface area contributed by atoms with Crippen LogP contribution in [0.4, 0.5) is 0 Å². The molecule has 2 unspecified atom stereocenters. The lowest BCUT2D eigenvalue weighted by Gasteiger charge is -2.37. The van der Waals surface area contributed by atoms with Crippen molar-refractivity contribution in [3.63, 3.8) is 0 Å². The normalized spacial score (nSPS) is 21.6. The van der Waals surface area contributed by atoms with Crippen molar-refractivity contribution in [3.05, 3.63) is 0 Å². The highest BCUT2D eigenvalue weighted by atomic mass is 16.4. The van der Waals surface area contributed by atoms with Crippen LogP contribution in [0, 0.1) is 0 Å². The molecular weight excluding hydrogens is 250 g/mol. The number of carboxylic acids is 1. The van der Waals surface area contributed by atoms with E-state index in [9.17, 15) is 14.4 Å². The van der Waals surface area contributed by atoms with Crippen molar-refractivity contribution in [3.8, 4) is 0 Å². The molecule has 1 aliphatic rings. The number of likely N-dealkylation sites (N-methyl/N-ethyl adjacent to an activating group) is 1. The van der Waals surface area contributed by atoms with Gasteiger partial charge in [-0.3, -0.25) is 19.3 Å². The van der Waals surface area contributed by atoms with Gasteiger partial charge in [0.25, 0.3) is 0 Å². The second kappa shape index (κ2) is 6.51. The van der Waals surface area contributed by atoms with Gasteiger partial charge in [-0.05, 0) is 20.8 Å². The highest BCUT2D eigenvalue weighted by Crippen LogP contribution is 2.12. The molecule has 0 spiro atoms. The van der Waals surface area contributed by atoms with Gasteiger partial charge in [0.15, 0.2) is 0 Å². The molecule has 7 nitrogen and oxygen atoms in total. The van der Waals surface area contributed by atoms with E-state index in [2.05, 4.69) is 5.32 Å². The van der Waals surface area contributed by atoms with Crippen molar-refractivity contribution in [1.29, 1.82) is 0 Å². The molecule has 0 aromatic carbocycles. The van der Waals surface area contributed by atoms with E-state index in [1.54, 1.807) is 11.8 Å². The number of carboxylic acid groups (broad SMARTS) is 1. The van der Waals surface area contributed by atoms with Gasteiger partial charge < -0.3 is 15.3 Å². The smallest absolute Gasteiger partial charge is 0.322 e. The maximum absolute atomic E-state index is 12.2. The van der Waals surface area contributed by atoms with E-state index in [0.717, 1.165) is 0 Å². The third-order valence-electron chi connectivity index (χ3n) is 3.43. The number of carbonyl (C=O) groups is 3. The molecule has 7 heteroatoms. The topological polar surface area (TPSA) is 90.0 Å². The van der Waals surface area contributed by atoms with Crippen molar-refractivity contribution < 1.29 is 19.5 Å². The molecular formula is C12H21N3O4. The zero-order chi connectivity index (χ0) is 14.6. The number of hydrogen-bond donors (Lipinski definition) is 2. The highest BCUT2D eigenvalue weighted by Gasteiger charge is 2.38. The minimum absolute atomic E-state index is 0.0318. The van der Waals surface area contributed by atoms with Gasteiger partial charge in [0.05, 0.1) is 12.6 Å². The summed E-state index contributed by atoms with van der Waals surface area (Å²) in [6.45, 7) is 6.48. The van der Waals surface area contributed by atoms with Gasteiger partial charge >= 0.3 is 5.97 Å². The largest absolute Gasteiger partial charge is 0.480 e. The number of carbonyl (C=O) groups excluding carboxylic acids is 2. The third kappa shape index (κ3) is 3.44. The molecule has 0 radical (unpaired) electrons. The first-order valence-corrected chi connectivity index (χ1v) is 6.46. The molecule has 19 heavy (non-hydrogen) atoms. The first kappa shape index (κ1) is 15.4. The van der Waals surface area contributed by atoms with E-state index in [0.29, 0.717) is 13.1 Å². The number of hydrogen-bond acceptors (Lipinski definition) is 4. The molecule has 0 aliphatic carbocycles. The molecule has 1 saturated heterocycles. The lowest BCUT2D eigenvalue weighted by molar-refractivity contribution is -0.150. The summed E-state index contributed by atoms with van der Waals surface area (Å²) in [4.78, 5) is 37.9. The minimum atomic E-state index is -1.03. The summed E-state index contributed by atoms with van der Waals surface area (Å²) in [5.41, 5.74) is 0. The molecule has 0 aromatic rings. The maximum Gasteiger partial charge on any atom is 0.322 e. The van der Waals surface area contributed by atoms with Crippen LogP contribution < -0.4 is 5.32 Å².